The number of fused-ring (bicyclic) bond motifs is 1. The minimum absolute atomic E-state index is 0.0910. The van der Waals surface area contributed by atoms with Gasteiger partial charge >= 0.3 is 0 Å². The van der Waals surface area contributed by atoms with E-state index in [0.29, 0.717) is 16.7 Å². The van der Waals surface area contributed by atoms with Crippen LogP contribution in [0.4, 0.5) is 0 Å². The highest BCUT2D eigenvalue weighted by Crippen LogP contribution is 2.37. The van der Waals surface area contributed by atoms with E-state index < -0.39 is 29.1 Å². The maximum atomic E-state index is 12.1. The molecule has 128 valence electrons. The maximum absolute atomic E-state index is 12.1. The second kappa shape index (κ2) is 6.48. The zero-order valence-corrected chi connectivity index (χ0v) is 14.3. The Morgan fingerprint density at radius 2 is 1.76 bits per heavy atom. The molecular formula is C17H13BrN2O5. The van der Waals surface area contributed by atoms with Crippen molar-refractivity contribution < 1.29 is 24.9 Å². The van der Waals surface area contributed by atoms with Gasteiger partial charge in [-0.25, -0.2) is 0 Å². The molecule has 1 aliphatic rings. The monoisotopic (exact) mass is 404 g/mol. The lowest BCUT2D eigenvalue weighted by Crippen LogP contribution is -2.37. The van der Waals surface area contributed by atoms with Gasteiger partial charge in [0.1, 0.15) is 0 Å². The van der Waals surface area contributed by atoms with E-state index in [0.717, 1.165) is 4.47 Å². The van der Waals surface area contributed by atoms with Crippen molar-refractivity contribution in [2.24, 2.45) is 0 Å². The number of rotatable bonds is 3. The largest absolute Gasteiger partial charge is 0.504 e. The molecule has 3 rings (SSSR count). The third-order valence-electron chi connectivity index (χ3n) is 3.74. The lowest BCUT2D eigenvalue weighted by atomic mass is 9.95. The molecule has 5 N–H and O–H groups in total. The highest BCUT2D eigenvalue weighted by atomic mass is 79.9. The Morgan fingerprint density at radius 1 is 1.00 bits per heavy atom. The van der Waals surface area contributed by atoms with Crippen LogP contribution in [0.1, 0.15) is 21.5 Å². The Labute approximate surface area is 150 Å². The van der Waals surface area contributed by atoms with Crippen LogP contribution in [-0.2, 0) is 11.3 Å². The number of carbonyl (C=O) groups excluding carboxylic acids is 2. The van der Waals surface area contributed by atoms with E-state index in [9.17, 15) is 24.9 Å². The van der Waals surface area contributed by atoms with Gasteiger partial charge in [-0.1, -0.05) is 15.9 Å². The lowest BCUT2D eigenvalue weighted by Gasteiger charge is -2.18. The molecule has 2 aromatic rings. The predicted molar refractivity (Wildman–Crippen MR) is 92.9 cm³/mol. The number of phenolic OH excluding ortho intramolecular Hbond substituents is 3. The molecule has 8 heteroatoms. The quantitative estimate of drug-likeness (QED) is 0.303. The van der Waals surface area contributed by atoms with Crippen molar-refractivity contribution in [2.45, 2.75) is 6.54 Å². The second-order valence-corrected chi connectivity index (χ2v) is 6.27. The molecule has 0 radical (unpaired) electrons. The van der Waals surface area contributed by atoms with Crippen LogP contribution >= 0.6 is 15.9 Å². The van der Waals surface area contributed by atoms with Gasteiger partial charge in [0.25, 0.3) is 11.8 Å². The smallest absolute Gasteiger partial charge is 0.260 e. The summed E-state index contributed by atoms with van der Waals surface area (Å²) < 4.78 is 0.723. The number of hydrogen-bond donors (Lipinski definition) is 5. The fraction of sp³-hybridized carbons (Fsp3) is 0.0588. The number of nitrogens with one attached hydrogen (secondary N) is 2. The van der Waals surface area contributed by atoms with Gasteiger partial charge in [-0.05, 0) is 30.3 Å². The Bertz CT molecular complexity index is 923. The van der Waals surface area contributed by atoms with E-state index in [2.05, 4.69) is 26.6 Å². The van der Waals surface area contributed by atoms with Crippen LogP contribution in [0.15, 0.2) is 41.0 Å². The summed E-state index contributed by atoms with van der Waals surface area (Å²) in [6.45, 7) is 0.0910. The number of aromatic hydroxyl groups is 3. The summed E-state index contributed by atoms with van der Waals surface area (Å²) in [5.74, 6) is -2.49. The van der Waals surface area contributed by atoms with Crippen LogP contribution in [0.3, 0.4) is 0 Å². The molecule has 25 heavy (non-hydrogen) atoms. The summed E-state index contributed by atoms with van der Waals surface area (Å²) >= 11 is 3.31. The van der Waals surface area contributed by atoms with Crippen molar-refractivity contribution in [2.75, 3.05) is 0 Å². The molecule has 0 atom stereocenters. The highest BCUT2D eigenvalue weighted by Gasteiger charge is 2.27. The maximum Gasteiger partial charge on any atom is 0.260 e. The van der Waals surface area contributed by atoms with Crippen LogP contribution in [0.5, 0.6) is 17.2 Å². The summed E-state index contributed by atoms with van der Waals surface area (Å²) in [4.78, 5) is 24.0. The summed E-state index contributed by atoms with van der Waals surface area (Å²) in [5.41, 5.74) is 1.45. The molecule has 0 aliphatic carbocycles. The molecule has 0 bridgehead atoms. The highest BCUT2D eigenvalue weighted by molar-refractivity contribution is 9.10. The van der Waals surface area contributed by atoms with E-state index in [1.807, 2.05) is 0 Å². The first kappa shape index (κ1) is 16.8. The number of imide groups is 1. The topological polar surface area (TPSA) is 119 Å². The Kier molecular flexibility index (Phi) is 4.37. The van der Waals surface area contributed by atoms with Crippen LogP contribution < -0.4 is 10.6 Å². The molecule has 2 amide bonds. The van der Waals surface area contributed by atoms with Crippen molar-refractivity contribution in [1.29, 1.82) is 0 Å². The normalized spacial score (nSPS) is 15.0. The molecular weight excluding hydrogens is 392 g/mol. The van der Waals surface area contributed by atoms with Crippen LogP contribution in [0.25, 0.3) is 5.57 Å². The van der Waals surface area contributed by atoms with Gasteiger partial charge in [-0.2, -0.15) is 0 Å². The Morgan fingerprint density at radius 3 is 2.52 bits per heavy atom. The van der Waals surface area contributed by atoms with Crippen LogP contribution in [0.2, 0.25) is 0 Å². The predicted octanol–water partition coefficient (Wildman–Crippen LogP) is 1.97. The van der Waals surface area contributed by atoms with Gasteiger partial charge < -0.3 is 20.6 Å². The molecule has 0 unspecified atom stereocenters. The number of benzene rings is 2. The number of amides is 2. The Hall–Kier alpha value is -3.00. The first-order chi connectivity index (χ1) is 11.9. The zero-order chi connectivity index (χ0) is 18.1. The number of phenols is 3. The Balaban J connectivity index is 1.88. The molecule has 7 nitrogen and oxygen atoms in total. The molecule has 1 heterocycles. The lowest BCUT2D eigenvalue weighted by molar-refractivity contribution is -0.114. The third kappa shape index (κ3) is 3.16. The third-order valence-corrected chi connectivity index (χ3v) is 4.23. The average molecular weight is 405 g/mol. The van der Waals surface area contributed by atoms with Gasteiger partial charge in [0.15, 0.2) is 11.5 Å². The fourth-order valence-corrected chi connectivity index (χ4v) is 2.82. The molecule has 0 fully saturated rings. The van der Waals surface area contributed by atoms with Crippen molar-refractivity contribution in [1.82, 2.24) is 10.6 Å². The number of hydrogen-bond acceptors (Lipinski definition) is 6. The van der Waals surface area contributed by atoms with E-state index in [1.165, 1.54) is 18.3 Å². The number of halogens is 1. The molecule has 0 saturated heterocycles. The molecule has 0 aromatic heterocycles. The fourth-order valence-electron chi connectivity index (χ4n) is 2.46. The van der Waals surface area contributed by atoms with Crippen molar-refractivity contribution >= 4 is 33.3 Å². The standard InChI is InChI=1S/C17H13BrN2O5/c18-9-2-3-10-11(5-9)12(17(25)20-16(10)24)7-19-6-8-1-4-13(21)15(23)14(8)22/h1-5,7,19,21-23H,6H2,(H,20,24,25)/b12-7-. The van der Waals surface area contributed by atoms with Gasteiger partial charge in [0.2, 0.25) is 5.75 Å². The average Bonchev–Trinajstić information content (AvgIpc) is 2.57. The second-order valence-electron chi connectivity index (χ2n) is 5.35. The van der Waals surface area contributed by atoms with Crippen molar-refractivity contribution in [3.63, 3.8) is 0 Å². The summed E-state index contributed by atoms with van der Waals surface area (Å²) in [6, 6.07) is 7.67. The number of carbonyl (C=O) groups is 2. The van der Waals surface area contributed by atoms with Gasteiger partial charge in [-0.3, -0.25) is 14.9 Å². The van der Waals surface area contributed by atoms with E-state index in [4.69, 9.17) is 0 Å². The van der Waals surface area contributed by atoms with Gasteiger partial charge in [-0.15, -0.1) is 0 Å². The summed E-state index contributed by atoms with van der Waals surface area (Å²) in [5, 5.41) is 33.7. The molecule has 0 spiro atoms. The van der Waals surface area contributed by atoms with E-state index >= 15 is 0 Å². The summed E-state index contributed by atoms with van der Waals surface area (Å²) in [6.07, 6.45) is 1.43. The minimum Gasteiger partial charge on any atom is -0.504 e. The zero-order valence-electron chi connectivity index (χ0n) is 12.7. The van der Waals surface area contributed by atoms with E-state index in [-0.39, 0.29) is 12.1 Å². The first-order valence-corrected chi connectivity index (χ1v) is 7.99. The summed E-state index contributed by atoms with van der Waals surface area (Å²) in [7, 11) is 0. The van der Waals surface area contributed by atoms with Crippen LogP contribution in [0, 0.1) is 0 Å². The first-order valence-electron chi connectivity index (χ1n) is 7.20. The van der Waals surface area contributed by atoms with Crippen molar-refractivity contribution in [3.8, 4) is 17.2 Å². The molecule has 1 aliphatic heterocycles. The van der Waals surface area contributed by atoms with Gasteiger partial charge in [0.05, 0.1) is 5.57 Å². The van der Waals surface area contributed by atoms with E-state index in [1.54, 1.807) is 18.2 Å². The van der Waals surface area contributed by atoms with Crippen LogP contribution in [-0.4, -0.2) is 27.1 Å². The van der Waals surface area contributed by atoms with Gasteiger partial charge in [0, 0.05) is 33.9 Å². The van der Waals surface area contributed by atoms with Crippen molar-refractivity contribution in [3.05, 3.63) is 57.7 Å². The molecule has 2 aromatic carbocycles. The molecule has 0 saturated carbocycles. The SMILES string of the molecule is O=C1NC(=O)c2ccc(Br)cc2/C1=C/NCc1ccc(O)c(O)c1O. The minimum atomic E-state index is -0.609.